The summed E-state index contributed by atoms with van der Waals surface area (Å²) in [4.78, 5) is 0. The number of rotatable bonds is 5. The van der Waals surface area contributed by atoms with Gasteiger partial charge >= 0.3 is 0 Å². The molecule has 102 valence electrons. The summed E-state index contributed by atoms with van der Waals surface area (Å²) in [6, 6.07) is 5.84. The van der Waals surface area contributed by atoms with E-state index in [1.165, 1.54) is 0 Å². The molecule has 0 radical (unpaired) electrons. The van der Waals surface area contributed by atoms with Gasteiger partial charge in [0, 0.05) is 11.3 Å². The van der Waals surface area contributed by atoms with Crippen LogP contribution in [0, 0.1) is 6.92 Å². The number of aromatic nitrogens is 4. The van der Waals surface area contributed by atoms with Gasteiger partial charge in [-0.25, -0.2) is 4.68 Å². The quantitative estimate of drug-likeness (QED) is 0.828. The Morgan fingerprint density at radius 2 is 2.16 bits per heavy atom. The molecule has 1 heterocycles. The molecule has 2 rings (SSSR count). The Labute approximate surface area is 112 Å². The summed E-state index contributed by atoms with van der Waals surface area (Å²) in [5, 5.41) is 11.8. The minimum absolute atomic E-state index is 0.198. The van der Waals surface area contributed by atoms with Gasteiger partial charge in [0.2, 0.25) is 0 Å². The van der Waals surface area contributed by atoms with Crippen LogP contribution in [0.3, 0.4) is 0 Å². The van der Waals surface area contributed by atoms with E-state index in [1.807, 2.05) is 39.0 Å². The fraction of sp³-hybridized carbons (Fsp3) is 0.462. The summed E-state index contributed by atoms with van der Waals surface area (Å²) in [5.41, 5.74) is 8.67. The summed E-state index contributed by atoms with van der Waals surface area (Å²) >= 11 is 0. The number of nitrogen functional groups attached to an aromatic ring is 1. The van der Waals surface area contributed by atoms with Crippen molar-refractivity contribution < 1.29 is 4.74 Å². The van der Waals surface area contributed by atoms with Crippen LogP contribution in [0.5, 0.6) is 0 Å². The summed E-state index contributed by atoms with van der Waals surface area (Å²) in [7, 11) is 0. The molecular formula is C13H19N5O. The first-order chi connectivity index (χ1) is 9.09. The molecule has 0 atom stereocenters. The average molecular weight is 261 g/mol. The molecule has 0 aliphatic carbocycles. The van der Waals surface area contributed by atoms with Gasteiger partial charge in [-0.05, 0) is 42.8 Å². The highest BCUT2D eigenvalue weighted by molar-refractivity contribution is 5.73. The molecule has 0 saturated carbocycles. The highest BCUT2D eigenvalue weighted by Crippen LogP contribution is 2.25. The standard InChI is InChI=1S/C13H19N5O/c1-9(2)19-8-7-18-13(15-16-17-18)11-6-4-5-10(3)12(11)14/h4-6,9H,7-8,14H2,1-3H3. The normalized spacial score (nSPS) is 11.2. The number of para-hydroxylation sites is 1. The van der Waals surface area contributed by atoms with E-state index in [9.17, 15) is 0 Å². The van der Waals surface area contributed by atoms with Gasteiger partial charge in [0.15, 0.2) is 5.82 Å². The molecule has 0 bridgehead atoms. The highest BCUT2D eigenvalue weighted by Gasteiger charge is 2.12. The fourth-order valence-corrected chi connectivity index (χ4v) is 1.80. The van der Waals surface area contributed by atoms with Gasteiger partial charge in [0.05, 0.1) is 19.3 Å². The average Bonchev–Trinajstić information content (AvgIpc) is 2.80. The van der Waals surface area contributed by atoms with Gasteiger partial charge in [0.1, 0.15) is 0 Å². The lowest BCUT2D eigenvalue weighted by Gasteiger charge is -2.10. The van der Waals surface area contributed by atoms with Crippen LogP contribution in [-0.2, 0) is 11.3 Å². The lowest BCUT2D eigenvalue weighted by molar-refractivity contribution is 0.0709. The molecule has 0 fully saturated rings. The molecule has 0 amide bonds. The molecule has 2 aromatic rings. The molecule has 0 aliphatic heterocycles. The summed E-state index contributed by atoms with van der Waals surface area (Å²) in [6.07, 6.45) is 0.198. The molecule has 0 saturated heterocycles. The van der Waals surface area contributed by atoms with Crippen LogP contribution in [0.25, 0.3) is 11.4 Å². The van der Waals surface area contributed by atoms with Crippen LogP contribution >= 0.6 is 0 Å². The third-order valence-corrected chi connectivity index (χ3v) is 2.85. The van der Waals surface area contributed by atoms with Gasteiger partial charge in [0.25, 0.3) is 0 Å². The lowest BCUT2D eigenvalue weighted by Crippen LogP contribution is -2.13. The second-order valence-corrected chi connectivity index (χ2v) is 4.68. The molecule has 1 aromatic heterocycles. The maximum absolute atomic E-state index is 6.08. The first kappa shape index (κ1) is 13.5. The molecule has 0 spiro atoms. The number of hydrogen-bond acceptors (Lipinski definition) is 5. The maximum Gasteiger partial charge on any atom is 0.184 e. The van der Waals surface area contributed by atoms with Crippen LogP contribution in [0.1, 0.15) is 19.4 Å². The molecule has 6 heteroatoms. The minimum Gasteiger partial charge on any atom is -0.398 e. The number of nitrogens with zero attached hydrogens (tertiary/aromatic N) is 4. The van der Waals surface area contributed by atoms with E-state index in [0.717, 1.165) is 11.1 Å². The third kappa shape index (κ3) is 3.08. The number of tetrazole rings is 1. The van der Waals surface area contributed by atoms with E-state index < -0.39 is 0 Å². The largest absolute Gasteiger partial charge is 0.398 e. The SMILES string of the molecule is Cc1cccc(-c2nnnn2CCOC(C)C)c1N. The second kappa shape index (κ2) is 5.79. The van der Waals surface area contributed by atoms with Crippen LogP contribution in [0.4, 0.5) is 5.69 Å². The smallest absolute Gasteiger partial charge is 0.184 e. The zero-order valence-electron chi connectivity index (χ0n) is 11.5. The third-order valence-electron chi connectivity index (χ3n) is 2.85. The molecule has 2 N–H and O–H groups in total. The number of nitrogens with two attached hydrogens (primary N) is 1. The van der Waals surface area contributed by atoms with E-state index in [4.69, 9.17) is 10.5 Å². The van der Waals surface area contributed by atoms with Crippen LogP contribution in [-0.4, -0.2) is 32.9 Å². The van der Waals surface area contributed by atoms with Crippen molar-refractivity contribution in [3.05, 3.63) is 23.8 Å². The molecule has 0 unspecified atom stereocenters. The summed E-state index contributed by atoms with van der Waals surface area (Å²) < 4.78 is 7.23. The summed E-state index contributed by atoms with van der Waals surface area (Å²) in [6.45, 7) is 7.14. The van der Waals surface area contributed by atoms with Gasteiger partial charge in [-0.2, -0.15) is 0 Å². The van der Waals surface area contributed by atoms with E-state index in [2.05, 4.69) is 15.5 Å². The number of benzene rings is 1. The zero-order chi connectivity index (χ0) is 13.8. The second-order valence-electron chi connectivity index (χ2n) is 4.68. The Hall–Kier alpha value is -1.95. The van der Waals surface area contributed by atoms with Crippen molar-refractivity contribution in [3.8, 4) is 11.4 Å². The number of anilines is 1. The number of ether oxygens (including phenoxy) is 1. The maximum atomic E-state index is 6.08. The zero-order valence-corrected chi connectivity index (χ0v) is 11.5. The first-order valence-electron chi connectivity index (χ1n) is 6.33. The van der Waals surface area contributed by atoms with Crippen molar-refractivity contribution in [2.75, 3.05) is 12.3 Å². The van der Waals surface area contributed by atoms with Crippen molar-refractivity contribution in [2.24, 2.45) is 0 Å². The topological polar surface area (TPSA) is 78.8 Å². The van der Waals surface area contributed by atoms with E-state index in [1.54, 1.807) is 4.68 Å². The van der Waals surface area contributed by atoms with Gasteiger partial charge < -0.3 is 10.5 Å². The monoisotopic (exact) mass is 261 g/mol. The van der Waals surface area contributed by atoms with Crippen LogP contribution in [0.2, 0.25) is 0 Å². The van der Waals surface area contributed by atoms with Crippen molar-refractivity contribution in [3.63, 3.8) is 0 Å². The van der Waals surface area contributed by atoms with Crippen molar-refractivity contribution in [1.29, 1.82) is 0 Å². The van der Waals surface area contributed by atoms with Crippen molar-refractivity contribution in [2.45, 2.75) is 33.4 Å². The first-order valence-corrected chi connectivity index (χ1v) is 6.33. The fourth-order valence-electron chi connectivity index (χ4n) is 1.80. The Morgan fingerprint density at radius 3 is 2.89 bits per heavy atom. The van der Waals surface area contributed by atoms with E-state index in [-0.39, 0.29) is 6.10 Å². The van der Waals surface area contributed by atoms with E-state index in [0.29, 0.717) is 24.7 Å². The van der Waals surface area contributed by atoms with E-state index >= 15 is 0 Å². The highest BCUT2D eigenvalue weighted by atomic mass is 16.5. The van der Waals surface area contributed by atoms with Gasteiger partial charge in [-0.15, -0.1) is 5.10 Å². The minimum atomic E-state index is 0.198. The Bertz CT molecular complexity index is 550. The van der Waals surface area contributed by atoms with Gasteiger partial charge in [-0.1, -0.05) is 12.1 Å². The molecule has 0 aliphatic rings. The number of hydrogen-bond donors (Lipinski definition) is 1. The van der Waals surface area contributed by atoms with Gasteiger partial charge in [-0.3, -0.25) is 0 Å². The Morgan fingerprint density at radius 1 is 1.37 bits per heavy atom. The van der Waals surface area contributed by atoms with Crippen LogP contribution < -0.4 is 5.73 Å². The molecule has 19 heavy (non-hydrogen) atoms. The predicted octanol–water partition coefficient (Wildman–Crippen LogP) is 1.66. The Kier molecular flexibility index (Phi) is 4.11. The predicted molar refractivity (Wildman–Crippen MR) is 73.5 cm³/mol. The van der Waals surface area contributed by atoms with Crippen molar-refractivity contribution >= 4 is 5.69 Å². The number of aryl methyl sites for hydroxylation is 1. The lowest BCUT2D eigenvalue weighted by atomic mass is 10.1. The molecular weight excluding hydrogens is 242 g/mol. The van der Waals surface area contributed by atoms with Crippen molar-refractivity contribution in [1.82, 2.24) is 20.2 Å². The molecule has 6 nitrogen and oxygen atoms in total. The Balaban J connectivity index is 2.21. The summed E-state index contributed by atoms with van der Waals surface area (Å²) in [5.74, 6) is 0.675. The van der Waals surface area contributed by atoms with Crippen LogP contribution in [0.15, 0.2) is 18.2 Å². The molecule has 1 aromatic carbocycles.